The summed E-state index contributed by atoms with van der Waals surface area (Å²) in [5, 5.41) is 4.81. The number of carbonyl (C=O) groups excluding carboxylic acids is 2. The number of rotatable bonds is 4. The summed E-state index contributed by atoms with van der Waals surface area (Å²) in [5.41, 5.74) is -0.994. The summed E-state index contributed by atoms with van der Waals surface area (Å²) in [5.74, 6) is -0.385. The minimum atomic E-state index is -0.691. The van der Waals surface area contributed by atoms with Crippen LogP contribution >= 0.6 is 12.6 Å². The Balaban J connectivity index is 2.64. The van der Waals surface area contributed by atoms with Crippen LogP contribution in [0.25, 0.3) is 0 Å². The predicted octanol–water partition coefficient (Wildman–Crippen LogP) is 1.26. The van der Waals surface area contributed by atoms with Gasteiger partial charge in [-0.15, -0.1) is 0 Å². The van der Waals surface area contributed by atoms with Crippen LogP contribution in [0.1, 0.15) is 41.0 Å². The third-order valence-corrected chi connectivity index (χ3v) is 3.15. The molecule has 0 aromatic carbocycles. The quantitative estimate of drug-likeness (QED) is 0.408. The van der Waals surface area contributed by atoms with E-state index in [0.29, 0.717) is 6.42 Å². The van der Waals surface area contributed by atoms with Crippen molar-refractivity contribution in [3.63, 3.8) is 0 Å². The molecule has 1 heterocycles. The van der Waals surface area contributed by atoms with Crippen molar-refractivity contribution in [3.05, 3.63) is 0 Å². The standard InChI is InChI=1S/C11H20BN2O3S/c1-9(2,3)6-11(10(4,5)14-11)7(15)17-12-13-8(16)18/h14H,6H2,1-5H3,(H2,13,16,18). The van der Waals surface area contributed by atoms with Crippen LogP contribution in [-0.4, -0.2) is 29.9 Å². The minimum absolute atomic E-state index is 0.00736. The van der Waals surface area contributed by atoms with Gasteiger partial charge in [-0.1, -0.05) is 33.4 Å². The molecule has 5 nitrogen and oxygen atoms in total. The molecule has 0 bridgehead atoms. The molecule has 0 spiro atoms. The summed E-state index contributed by atoms with van der Waals surface area (Å²) in [6, 6.07) is 0. The van der Waals surface area contributed by atoms with E-state index in [9.17, 15) is 9.59 Å². The zero-order valence-corrected chi connectivity index (χ0v) is 12.4. The van der Waals surface area contributed by atoms with Crippen LogP contribution in [0.15, 0.2) is 0 Å². The van der Waals surface area contributed by atoms with Crippen molar-refractivity contribution in [2.45, 2.75) is 52.1 Å². The largest absolute Gasteiger partial charge is 0.523 e. The first-order valence-corrected chi connectivity index (χ1v) is 6.26. The summed E-state index contributed by atoms with van der Waals surface area (Å²) in [6.07, 6.45) is 0.661. The highest BCUT2D eigenvalue weighted by Crippen LogP contribution is 2.46. The van der Waals surface area contributed by atoms with Gasteiger partial charge in [-0.2, -0.15) is 0 Å². The number of nitrogens with one attached hydrogen (secondary N) is 2. The topological polar surface area (TPSA) is 77.3 Å². The Labute approximate surface area is 114 Å². The van der Waals surface area contributed by atoms with Gasteiger partial charge in [-0.25, -0.2) is 0 Å². The molecular formula is C11H20BN2O3S. The molecule has 1 atom stereocenters. The molecule has 0 aromatic rings. The normalized spacial score (nSPS) is 25.2. The van der Waals surface area contributed by atoms with E-state index >= 15 is 0 Å². The average Bonchev–Trinajstić information content (AvgIpc) is 2.65. The Bertz CT molecular complexity index is 368. The predicted molar refractivity (Wildman–Crippen MR) is 73.4 cm³/mol. The third kappa shape index (κ3) is 3.41. The van der Waals surface area contributed by atoms with Gasteiger partial charge in [0.05, 0.1) is 0 Å². The highest BCUT2D eigenvalue weighted by Gasteiger charge is 2.67. The van der Waals surface area contributed by atoms with E-state index in [2.05, 4.69) is 43.9 Å². The van der Waals surface area contributed by atoms with Crippen LogP contribution in [0.4, 0.5) is 4.79 Å². The third-order valence-electron chi connectivity index (χ3n) is 3.02. The molecule has 1 amide bonds. The fourth-order valence-corrected chi connectivity index (χ4v) is 2.23. The van der Waals surface area contributed by atoms with E-state index in [1.54, 1.807) is 0 Å². The van der Waals surface area contributed by atoms with Gasteiger partial charge in [-0.05, 0) is 25.7 Å². The van der Waals surface area contributed by atoms with Crippen LogP contribution in [0.5, 0.6) is 0 Å². The van der Waals surface area contributed by atoms with Crippen molar-refractivity contribution in [2.75, 3.05) is 0 Å². The maximum atomic E-state index is 12.1. The fourth-order valence-electron chi connectivity index (χ4n) is 2.18. The van der Waals surface area contributed by atoms with E-state index in [1.165, 1.54) is 0 Å². The lowest BCUT2D eigenvalue weighted by Crippen LogP contribution is -2.40. The molecule has 1 aliphatic heterocycles. The second-order valence-electron chi connectivity index (χ2n) is 6.37. The summed E-state index contributed by atoms with van der Waals surface area (Å²) < 4.78 is 4.95. The smallest absolute Gasteiger partial charge is 0.515 e. The van der Waals surface area contributed by atoms with E-state index in [-0.39, 0.29) is 16.9 Å². The van der Waals surface area contributed by atoms with Crippen LogP contribution in [0.2, 0.25) is 0 Å². The lowest BCUT2D eigenvalue weighted by Gasteiger charge is -2.25. The zero-order valence-electron chi connectivity index (χ0n) is 11.5. The van der Waals surface area contributed by atoms with E-state index in [4.69, 9.17) is 4.65 Å². The SMILES string of the molecule is CC(C)(C)CC1(C(=O)O[B]NC(=O)S)NC1(C)C. The molecule has 1 saturated heterocycles. The lowest BCUT2D eigenvalue weighted by molar-refractivity contribution is -0.138. The summed E-state index contributed by atoms with van der Waals surface area (Å²) in [7, 11) is 0.970. The molecule has 2 N–H and O–H groups in total. The molecule has 101 valence electrons. The average molecular weight is 271 g/mol. The van der Waals surface area contributed by atoms with E-state index in [0.717, 1.165) is 7.62 Å². The monoisotopic (exact) mass is 271 g/mol. The zero-order chi connectivity index (χ0) is 14.2. The van der Waals surface area contributed by atoms with Crippen molar-refractivity contribution in [1.29, 1.82) is 0 Å². The Morgan fingerprint density at radius 1 is 1.39 bits per heavy atom. The Morgan fingerprint density at radius 3 is 2.22 bits per heavy atom. The molecule has 1 fully saturated rings. The van der Waals surface area contributed by atoms with Gasteiger partial charge in [0.1, 0.15) is 5.54 Å². The molecule has 1 aliphatic rings. The first-order chi connectivity index (χ1) is 8.00. The number of thiol groups is 1. The number of amides is 1. The summed E-state index contributed by atoms with van der Waals surface area (Å²) >= 11 is 3.50. The highest BCUT2D eigenvalue weighted by atomic mass is 32.1. The van der Waals surface area contributed by atoms with Crippen molar-refractivity contribution in [3.8, 4) is 0 Å². The highest BCUT2D eigenvalue weighted by molar-refractivity contribution is 7.96. The first-order valence-electron chi connectivity index (χ1n) is 5.82. The number of hydrogen-bond acceptors (Lipinski definition) is 4. The van der Waals surface area contributed by atoms with Gasteiger partial charge >= 0.3 is 13.6 Å². The van der Waals surface area contributed by atoms with Gasteiger partial charge < -0.3 is 9.88 Å². The van der Waals surface area contributed by atoms with Crippen LogP contribution in [0.3, 0.4) is 0 Å². The first kappa shape index (κ1) is 15.4. The lowest BCUT2D eigenvalue weighted by atomic mass is 9.79. The van der Waals surface area contributed by atoms with Gasteiger partial charge in [0, 0.05) is 5.54 Å². The van der Waals surface area contributed by atoms with Crippen molar-refractivity contribution < 1.29 is 14.2 Å². The van der Waals surface area contributed by atoms with Crippen LogP contribution in [-0.2, 0) is 9.45 Å². The van der Waals surface area contributed by atoms with Gasteiger partial charge in [0.15, 0.2) is 0 Å². The van der Waals surface area contributed by atoms with E-state index in [1.807, 2.05) is 13.8 Å². The Morgan fingerprint density at radius 2 is 1.89 bits per heavy atom. The van der Waals surface area contributed by atoms with Crippen LogP contribution < -0.4 is 10.5 Å². The Kier molecular flexibility index (Phi) is 4.08. The van der Waals surface area contributed by atoms with E-state index < -0.39 is 10.8 Å². The maximum Gasteiger partial charge on any atom is 0.523 e. The second kappa shape index (κ2) is 4.77. The molecule has 0 saturated carbocycles. The van der Waals surface area contributed by atoms with Gasteiger partial charge in [0.25, 0.3) is 5.24 Å². The number of carbonyl (C=O) groups is 2. The molecule has 1 radical (unpaired) electrons. The molecular weight excluding hydrogens is 251 g/mol. The van der Waals surface area contributed by atoms with Gasteiger partial charge in [0.2, 0.25) is 0 Å². The molecule has 0 aromatic heterocycles. The fraction of sp³-hybridized carbons (Fsp3) is 0.818. The molecule has 1 unspecified atom stereocenters. The summed E-state index contributed by atoms with van der Waals surface area (Å²) in [6.45, 7) is 10.1. The minimum Gasteiger partial charge on any atom is -0.515 e. The Hall–Kier alpha value is -0.685. The van der Waals surface area contributed by atoms with Gasteiger partial charge in [-0.3, -0.25) is 14.9 Å². The molecule has 7 heteroatoms. The second-order valence-corrected chi connectivity index (χ2v) is 6.77. The van der Waals surface area contributed by atoms with Crippen molar-refractivity contribution >= 4 is 31.5 Å². The maximum absolute atomic E-state index is 12.1. The molecule has 1 rings (SSSR count). The van der Waals surface area contributed by atoms with Crippen LogP contribution in [0, 0.1) is 5.41 Å². The summed E-state index contributed by atoms with van der Waals surface area (Å²) in [4.78, 5) is 22.7. The molecule has 18 heavy (non-hydrogen) atoms. The number of hydrogen-bond donors (Lipinski definition) is 3. The van der Waals surface area contributed by atoms with Crippen molar-refractivity contribution in [1.82, 2.24) is 10.5 Å². The van der Waals surface area contributed by atoms with Crippen molar-refractivity contribution in [2.24, 2.45) is 5.41 Å². The molecule has 0 aliphatic carbocycles.